The SMILES string of the molecule is O=C(CSc1nnc(Nc2cccc(Cl)c2)s1)c1ccc(O)cc1. The molecule has 3 aromatic rings. The molecular weight excluding hydrogens is 366 g/mol. The van der Waals surface area contributed by atoms with Crippen LogP contribution >= 0.6 is 34.7 Å². The Morgan fingerprint density at radius 2 is 2.00 bits per heavy atom. The number of phenols is 1. The van der Waals surface area contributed by atoms with Crippen molar-refractivity contribution in [1.82, 2.24) is 10.2 Å². The van der Waals surface area contributed by atoms with Gasteiger partial charge < -0.3 is 10.4 Å². The highest BCUT2D eigenvalue weighted by Crippen LogP contribution is 2.28. The Kier molecular flexibility index (Phi) is 5.34. The van der Waals surface area contributed by atoms with E-state index >= 15 is 0 Å². The summed E-state index contributed by atoms with van der Waals surface area (Å²) in [6.45, 7) is 0. The normalized spacial score (nSPS) is 10.5. The number of ketones is 1. The molecule has 0 fully saturated rings. The molecule has 0 unspecified atom stereocenters. The summed E-state index contributed by atoms with van der Waals surface area (Å²) in [6, 6.07) is 13.5. The molecule has 0 amide bonds. The molecule has 0 saturated carbocycles. The summed E-state index contributed by atoms with van der Waals surface area (Å²) in [5.74, 6) is 0.371. The number of nitrogens with one attached hydrogen (secondary N) is 1. The molecule has 5 nitrogen and oxygen atoms in total. The highest BCUT2D eigenvalue weighted by molar-refractivity contribution is 8.01. The van der Waals surface area contributed by atoms with Crippen molar-refractivity contribution in [2.24, 2.45) is 0 Å². The summed E-state index contributed by atoms with van der Waals surface area (Å²) in [4.78, 5) is 12.1. The van der Waals surface area contributed by atoms with Crippen molar-refractivity contribution in [3.8, 4) is 5.75 Å². The number of hydrogen-bond acceptors (Lipinski definition) is 7. The smallest absolute Gasteiger partial charge is 0.210 e. The number of Topliss-reactive ketones (excluding diaryl/α,β-unsaturated/α-hetero) is 1. The maximum absolute atomic E-state index is 12.1. The van der Waals surface area contributed by atoms with Gasteiger partial charge in [-0.05, 0) is 42.5 Å². The zero-order chi connectivity index (χ0) is 16.9. The van der Waals surface area contributed by atoms with Crippen LogP contribution in [0.15, 0.2) is 52.9 Å². The lowest BCUT2D eigenvalue weighted by Crippen LogP contribution is -2.01. The fourth-order valence-electron chi connectivity index (χ4n) is 1.87. The molecule has 24 heavy (non-hydrogen) atoms. The highest BCUT2D eigenvalue weighted by Gasteiger charge is 2.10. The van der Waals surface area contributed by atoms with E-state index in [9.17, 15) is 9.90 Å². The third-order valence-electron chi connectivity index (χ3n) is 3.00. The molecule has 0 aliphatic carbocycles. The second-order valence-corrected chi connectivity index (χ2v) is 7.40. The molecular formula is C16H12ClN3O2S2. The quantitative estimate of drug-likeness (QED) is 0.482. The van der Waals surface area contributed by atoms with Crippen molar-refractivity contribution < 1.29 is 9.90 Å². The Morgan fingerprint density at radius 1 is 1.21 bits per heavy atom. The van der Waals surface area contributed by atoms with Gasteiger partial charge >= 0.3 is 0 Å². The van der Waals surface area contributed by atoms with Crippen LogP contribution in [0.2, 0.25) is 5.02 Å². The molecule has 0 bridgehead atoms. The molecule has 1 aromatic heterocycles. The first-order chi connectivity index (χ1) is 11.6. The van der Waals surface area contributed by atoms with Gasteiger partial charge in [0.05, 0.1) is 5.75 Å². The molecule has 1 heterocycles. The van der Waals surface area contributed by atoms with Gasteiger partial charge in [-0.25, -0.2) is 0 Å². The van der Waals surface area contributed by atoms with Gasteiger partial charge in [0.15, 0.2) is 10.1 Å². The second kappa shape index (κ2) is 7.65. The van der Waals surface area contributed by atoms with Gasteiger partial charge in [0, 0.05) is 16.3 Å². The topological polar surface area (TPSA) is 75.1 Å². The van der Waals surface area contributed by atoms with Gasteiger partial charge in [0.1, 0.15) is 5.75 Å². The highest BCUT2D eigenvalue weighted by atomic mass is 35.5. The number of thioether (sulfide) groups is 1. The van der Waals surface area contributed by atoms with Gasteiger partial charge in [-0.15, -0.1) is 10.2 Å². The van der Waals surface area contributed by atoms with Gasteiger partial charge in [-0.2, -0.15) is 0 Å². The summed E-state index contributed by atoms with van der Waals surface area (Å²) in [7, 11) is 0. The van der Waals surface area contributed by atoms with Crippen molar-refractivity contribution in [1.29, 1.82) is 0 Å². The minimum Gasteiger partial charge on any atom is -0.508 e. The van der Waals surface area contributed by atoms with Crippen molar-refractivity contribution in [2.45, 2.75) is 4.34 Å². The maximum Gasteiger partial charge on any atom is 0.210 e. The number of anilines is 2. The molecule has 0 radical (unpaired) electrons. The number of halogens is 1. The van der Waals surface area contributed by atoms with Crippen molar-refractivity contribution in [2.75, 3.05) is 11.1 Å². The average molecular weight is 378 g/mol. The van der Waals surface area contributed by atoms with Crippen LogP contribution in [-0.4, -0.2) is 26.8 Å². The van der Waals surface area contributed by atoms with Crippen LogP contribution in [0.1, 0.15) is 10.4 Å². The summed E-state index contributed by atoms with van der Waals surface area (Å²) in [6.07, 6.45) is 0. The van der Waals surface area contributed by atoms with E-state index < -0.39 is 0 Å². The summed E-state index contributed by atoms with van der Waals surface area (Å²) in [5.41, 5.74) is 1.39. The molecule has 0 atom stereocenters. The van der Waals surface area contributed by atoms with Gasteiger partial charge in [-0.1, -0.05) is 40.8 Å². The third kappa shape index (κ3) is 4.47. The van der Waals surface area contributed by atoms with E-state index in [-0.39, 0.29) is 17.3 Å². The zero-order valence-corrected chi connectivity index (χ0v) is 14.7. The summed E-state index contributed by atoms with van der Waals surface area (Å²) < 4.78 is 0.701. The molecule has 8 heteroatoms. The van der Waals surface area contributed by atoms with Gasteiger partial charge in [-0.3, -0.25) is 4.79 Å². The van der Waals surface area contributed by atoms with Crippen LogP contribution in [-0.2, 0) is 0 Å². The Labute approximate surface area is 151 Å². The number of hydrogen-bond donors (Lipinski definition) is 2. The molecule has 0 saturated heterocycles. The van der Waals surface area contributed by atoms with Gasteiger partial charge in [0.25, 0.3) is 0 Å². The van der Waals surface area contributed by atoms with E-state index in [0.717, 1.165) is 5.69 Å². The maximum atomic E-state index is 12.1. The monoisotopic (exact) mass is 377 g/mol. The number of carbonyl (C=O) groups is 1. The number of phenolic OH excluding ortho intramolecular Hbond substituents is 1. The van der Waals surface area contributed by atoms with E-state index in [1.54, 1.807) is 24.3 Å². The van der Waals surface area contributed by atoms with E-state index in [4.69, 9.17) is 11.6 Å². The van der Waals surface area contributed by atoms with E-state index in [1.807, 2.05) is 12.1 Å². The number of aromatic nitrogens is 2. The fourth-order valence-corrected chi connectivity index (χ4v) is 3.72. The van der Waals surface area contributed by atoms with Gasteiger partial charge in [0.2, 0.25) is 5.13 Å². The number of nitrogens with zero attached hydrogens (tertiary/aromatic N) is 2. The lowest BCUT2D eigenvalue weighted by atomic mass is 10.1. The van der Waals surface area contributed by atoms with Crippen LogP contribution < -0.4 is 5.32 Å². The van der Waals surface area contributed by atoms with Crippen molar-refractivity contribution in [3.05, 3.63) is 59.1 Å². The minimum absolute atomic E-state index is 0.0282. The predicted molar refractivity (Wildman–Crippen MR) is 97.8 cm³/mol. The average Bonchev–Trinajstić information content (AvgIpc) is 3.01. The van der Waals surface area contributed by atoms with Crippen molar-refractivity contribution >= 4 is 51.3 Å². The minimum atomic E-state index is -0.0282. The van der Waals surface area contributed by atoms with E-state index in [0.29, 0.717) is 20.1 Å². The van der Waals surface area contributed by atoms with Crippen molar-refractivity contribution in [3.63, 3.8) is 0 Å². The Morgan fingerprint density at radius 3 is 2.75 bits per heavy atom. The van der Waals surface area contributed by atoms with Crippen LogP contribution in [0, 0.1) is 0 Å². The lowest BCUT2D eigenvalue weighted by molar-refractivity contribution is 0.102. The summed E-state index contributed by atoms with van der Waals surface area (Å²) >= 11 is 8.64. The molecule has 122 valence electrons. The number of aromatic hydroxyl groups is 1. The first kappa shape index (κ1) is 16.8. The van der Waals surface area contributed by atoms with Crippen LogP contribution in [0.5, 0.6) is 5.75 Å². The predicted octanol–water partition coefficient (Wildman–Crippen LogP) is 4.62. The first-order valence-electron chi connectivity index (χ1n) is 6.91. The van der Waals surface area contributed by atoms with Crippen LogP contribution in [0.4, 0.5) is 10.8 Å². The molecule has 2 N–H and O–H groups in total. The Bertz CT molecular complexity index is 853. The first-order valence-corrected chi connectivity index (χ1v) is 9.09. The standard InChI is InChI=1S/C16H12ClN3O2S2/c17-11-2-1-3-12(8-11)18-15-19-20-16(24-15)23-9-14(22)10-4-6-13(21)7-5-10/h1-8,21H,9H2,(H,18,19). The Hall–Kier alpha value is -2.09. The second-order valence-electron chi connectivity index (χ2n) is 4.77. The van der Waals surface area contributed by atoms with Crippen LogP contribution in [0.25, 0.3) is 0 Å². The molecule has 0 aliphatic heterocycles. The number of carbonyl (C=O) groups excluding carboxylic acids is 1. The molecule has 2 aromatic carbocycles. The molecule has 0 spiro atoms. The number of benzene rings is 2. The zero-order valence-electron chi connectivity index (χ0n) is 12.3. The summed E-state index contributed by atoms with van der Waals surface area (Å²) in [5, 5.41) is 21.7. The largest absolute Gasteiger partial charge is 0.508 e. The third-order valence-corrected chi connectivity index (χ3v) is 5.21. The fraction of sp³-hybridized carbons (Fsp3) is 0.0625. The van der Waals surface area contributed by atoms with Crippen LogP contribution in [0.3, 0.4) is 0 Å². The molecule has 0 aliphatic rings. The molecule has 3 rings (SSSR count). The van der Waals surface area contributed by atoms with E-state index in [2.05, 4.69) is 15.5 Å². The lowest BCUT2D eigenvalue weighted by Gasteiger charge is -2.01. The van der Waals surface area contributed by atoms with E-state index in [1.165, 1.54) is 35.2 Å². The number of rotatable bonds is 6. The Balaban J connectivity index is 1.58.